The first-order chi connectivity index (χ1) is 28.3. The maximum Gasteiger partial charge on any atom is 0.160 e. The molecule has 2 heterocycles. The van der Waals surface area contributed by atoms with E-state index in [-0.39, 0.29) is 0 Å². The number of fused-ring (bicyclic) bond motifs is 6. The van der Waals surface area contributed by atoms with Gasteiger partial charge in [0.2, 0.25) is 0 Å². The zero-order chi connectivity index (χ0) is 37.7. The highest BCUT2D eigenvalue weighted by Crippen LogP contribution is 2.49. The van der Waals surface area contributed by atoms with Crippen LogP contribution >= 0.6 is 11.3 Å². The Morgan fingerprint density at radius 2 is 0.930 bits per heavy atom. The van der Waals surface area contributed by atoms with E-state index in [1.54, 1.807) is 0 Å². The molecule has 0 fully saturated rings. The summed E-state index contributed by atoms with van der Waals surface area (Å²) in [5, 5.41) is 4.79. The Balaban J connectivity index is 1.19. The first-order valence-electron chi connectivity index (χ1n) is 19.3. The zero-order valence-electron chi connectivity index (χ0n) is 31.0. The van der Waals surface area contributed by atoms with Crippen LogP contribution in [-0.4, -0.2) is 0 Å². The first kappa shape index (κ1) is 33.2. The van der Waals surface area contributed by atoms with Crippen molar-refractivity contribution in [1.29, 1.82) is 0 Å². The van der Waals surface area contributed by atoms with Crippen LogP contribution in [0.25, 0.3) is 86.6 Å². The maximum atomic E-state index is 6.93. The largest absolute Gasteiger partial charge is 0.454 e. The molecule has 2 nitrogen and oxygen atoms in total. The summed E-state index contributed by atoms with van der Waals surface area (Å²) in [6.07, 6.45) is 0. The smallest absolute Gasteiger partial charge is 0.160 e. The summed E-state index contributed by atoms with van der Waals surface area (Å²) in [4.78, 5) is 2.41. The second kappa shape index (κ2) is 13.8. The zero-order valence-corrected chi connectivity index (χ0v) is 31.8. The lowest BCUT2D eigenvalue weighted by molar-refractivity contribution is 0.669. The Bertz CT molecular complexity index is 3160. The molecule has 0 spiro atoms. The number of hydrogen-bond acceptors (Lipinski definition) is 3. The molecule has 0 amide bonds. The van der Waals surface area contributed by atoms with E-state index in [2.05, 4.69) is 211 Å². The number of thiophene rings is 1. The van der Waals surface area contributed by atoms with Crippen molar-refractivity contribution >= 4 is 70.5 Å². The van der Waals surface area contributed by atoms with Gasteiger partial charge in [0.25, 0.3) is 0 Å². The molecule has 0 unspecified atom stereocenters. The van der Waals surface area contributed by atoms with E-state index in [1.807, 2.05) is 17.4 Å². The lowest BCUT2D eigenvalue weighted by Crippen LogP contribution is -2.12. The minimum absolute atomic E-state index is 0.850. The third kappa shape index (κ3) is 5.80. The van der Waals surface area contributed by atoms with E-state index in [9.17, 15) is 0 Å². The van der Waals surface area contributed by atoms with Gasteiger partial charge in [-0.2, -0.15) is 0 Å². The van der Waals surface area contributed by atoms with Gasteiger partial charge in [0.1, 0.15) is 5.58 Å². The van der Waals surface area contributed by atoms with Gasteiger partial charge < -0.3 is 9.32 Å². The molecule has 0 aliphatic rings. The normalized spacial score (nSPS) is 11.5. The van der Waals surface area contributed by atoms with E-state index >= 15 is 0 Å². The third-order valence-electron chi connectivity index (χ3n) is 11.1. The quantitative estimate of drug-likeness (QED) is 0.162. The highest BCUT2D eigenvalue weighted by Gasteiger charge is 2.25. The van der Waals surface area contributed by atoms with Crippen molar-refractivity contribution in [1.82, 2.24) is 0 Å². The van der Waals surface area contributed by atoms with Crippen molar-refractivity contribution < 1.29 is 4.42 Å². The molecule has 0 saturated carbocycles. The van der Waals surface area contributed by atoms with Crippen LogP contribution in [0.4, 0.5) is 17.1 Å². The Morgan fingerprint density at radius 3 is 1.63 bits per heavy atom. The van der Waals surface area contributed by atoms with Gasteiger partial charge in [0.05, 0.1) is 5.69 Å². The van der Waals surface area contributed by atoms with Crippen molar-refractivity contribution in [3.63, 3.8) is 0 Å². The number of anilines is 3. The van der Waals surface area contributed by atoms with Gasteiger partial charge in [-0.25, -0.2) is 0 Å². The van der Waals surface area contributed by atoms with Gasteiger partial charge in [-0.05, 0) is 87.5 Å². The molecule has 268 valence electrons. The van der Waals surface area contributed by atoms with Crippen molar-refractivity contribution in [3.05, 3.63) is 212 Å². The maximum absolute atomic E-state index is 6.93. The number of furan rings is 1. The fourth-order valence-corrected chi connectivity index (χ4v) is 9.59. The molecule has 11 aromatic rings. The van der Waals surface area contributed by atoms with Gasteiger partial charge in [0.15, 0.2) is 5.58 Å². The van der Waals surface area contributed by atoms with Gasteiger partial charge in [-0.3, -0.25) is 0 Å². The molecule has 0 N–H and O–H groups in total. The highest BCUT2D eigenvalue weighted by atomic mass is 32.1. The standard InChI is InChI=1S/C54H35NOS/c1-4-15-36(16-5-1)40-33-41(37-17-6-2-7-18-37)35-43(34-40)55(42-29-27-39(28-30-42)45-23-14-24-49-47-22-11-13-26-51(47)57-54(45)49)52-44(38-19-8-3-9-20-38)31-32-48-46-21-10-12-25-50(46)56-53(48)52/h1-35H. The number of benzene rings is 9. The van der Waals surface area contributed by atoms with Crippen LogP contribution in [0.15, 0.2) is 217 Å². The van der Waals surface area contributed by atoms with Crippen LogP contribution in [0.3, 0.4) is 0 Å². The van der Waals surface area contributed by atoms with E-state index in [4.69, 9.17) is 4.42 Å². The van der Waals surface area contributed by atoms with E-state index in [0.717, 1.165) is 72.4 Å². The summed E-state index contributed by atoms with van der Waals surface area (Å²) < 4.78 is 9.55. The molecular formula is C54H35NOS. The fraction of sp³-hybridized carbons (Fsp3) is 0. The Kier molecular flexibility index (Phi) is 8.04. The summed E-state index contributed by atoms with van der Waals surface area (Å²) in [5.74, 6) is 0. The average molecular weight is 746 g/mol. The molecule has 0 aliphatic heterocycles. The summed E-state index contributed by atoms with van der Waals surface area (Å²) in [6.45, 7) is 0. The van der Waals surface area contributed by atoms with Crippen LogP contribution < -0.4 is 4.90 Å². The van der Waals surface area contributed by atoms with Crippen molar-refractivity contribution in [2.24, 2.45) is 0 Å². The molecule has 3 heteroatoms. The van der Waals surface area contributed by atoms with Gasteiger partial charge in [-0.15, -0.1) is 11.3 Å². The summed E-state index contributed by atoms with van der Waals surface area (Å²) in [6, 6.07) is 76.3. The number of para-hydroxylation sites is 1. The molecule has 57 heavy (non-hydrogen) atoms. The number of hydrogen-bond donors (Lipinski definition) is 0. The second-order valence-corrected chi connectivity index (χ2v) is 15.5. The molecular weight excluding hydrogens is 711 g/mol. The van der Waals surface area contributed by atoms with Gasteiger partial charge in [-0.1, -0.05) is 164 Å². The summed E-state index contributed by atoms with van der Waals surface area (Å²) >= 11 is 1.87. The summed E-state index contributed by atoms with van der Waals surface area (Å²) in [7, 11) is 0. The van der Waals surface area contributed by atoms with E-state index < -0.39 is 0 Å². The Labute approximate surface area is 335 Å². The molecule has 2 aromatic heterocycles. The Hall–Kier alpha value is -7.20. The van der Waals surface area contributed by atoms with Crippen molar-refractivity contribution in [2.75, 3.05) is 4.90 Å². The molecule has 0 radical (unpaired) electrons. The van der Waals surface area contributed by atoms with Crippen molar-refractivity contribution in [2.45, 2.75) is 0 Å². The molecule has 0 saturated heterocycles. The predicted molar refractivity (Wildman–Crippen MR) is 243 cm³/mol. The van der Waals surface area contributed by atoms with E-state index in [1.165, 1.54) is 31.3 Å². The van der Waals surface area contributed by atoms with Crippen LogP contribution in [0.2, 0.25) is 0 Å². The van der Waals surface area contributed by atoms with Crippen molar-refractivity contribution in [3.8, 4) is 44.5 Å². The molecule has 0 atom stereocenters. The lowest BCUT2D eigenvalue weighted by atomic mass is 9.95. The van der Waals surface area contributed by atoms with Crippen LogP contribution in [0.5, 0.6) is 0 Å². The first-order valence-corrected chi connectivity index (χ1v) is 20.1. The SMILES string of the molecule is c1ccc(-c2cc(-c3ccccc3)cc(N(c3ccc(-c4cccc5c4sc4ccccc45)cc3)c3c(-c4ccccc4)ccc4c3oc3ccccc34)c2)cc1. The minimum Gasteiger partial charge on any atom is -0.454 e. The number of nitrogens with zero attached hydrogens (tertiary/aromatic N) is 1. The lowest BCUT2D eigenvalue weighted by Gasteiger charge is -2.29. The fourth-order valence-electron chi connectivity index (χ4n) is 8.35. The molecule has 11 rings (SSSR count). The van der Waals surface area contributed by atoms with Crippen LogP contribution in [-0.2, 0) is 0 Å². The molecule has 0 bridgehead atoms. The predicted octanol–water partition coefficient (Wildman–Crippen LogP) is 16.1. The third-order valence-corrected chi connectivity index (χ3v) is 12.3. The average Bonchev–Trinajstić information content (AvgIpc) is 3.87. The second-order valence-electron chi connectivity index (χ2n) is 14.5. The van der Waals surface area contributed by atoms with Crippen LogP contribution in [0.1, 0.15) is 0 Å². The van der Waals surface area contributed by atoms with Gasteiger partial charge >= 0.3 is 0 Å². The highest BCUT2D eigenvalue weighted by molar-refractivity contribution is 7.26. The minimum atomic E-state index is 0.850. The summed E-state index contributed by atoms with van der Waals surface area (Å²) in [5.41, 5.74) is 14.0. The number of rotatable bonds is 7. The topological polar surface area (TPSA) is 16.4 Å². The monoisotopic (exact) mass is 745 g/mol. The van der Waals surface area contributed by atoms with Gasteiger partial charge in [0, 0.05) is 47.9 Å². The molecule has 0 aliphatic carbocycles. The Morgan fingerprint density at radius 1 is 0.351 bits per heavy atom. The van der Waals surface area contributed by atoms with Crippen LogP contribution in [0, 0.1) is 0 Å². The molecule has 9 aromatic carbocycles. The van der Waals surface area contributed by atoms with E-state index in [0.29, 0.717) is 0 Å².